The topological polar surface area (TPSA) is 104 Å². The molecule has 6 nitrogen and oxygen atoms in total. The normalized spacial score (nSPS) is 13.5. The first-order valence-corrected chi connectivity index (χ1v) is 10.0. The Morgan fingerprint density at radius 1 is 1.46 bits per heavy atom. The van der Waals surface area contributed by atoms with Gasteiger partial charge in [-0.25, -0.2) is 4.98 Å². The average Bonchev–Trinajstić information content (AvgIpc) is 3.32. The van der Waals surface area contributed by atoms with E-state index < -0.39 is 0 Å². The molecule has 0 aliphatic rings. The van der Waals surface area contributed by atoms with Crippen molar-refractivity contribution in [3.05, 3.63) is 68.9 Å². The van der Waals surface area contributed by atoms with Crippen LogP contribution in [0, 0.1) is 6.92 Å². The summed E-state index contributed by atoms with van der Waals surface area (Å²) >= 11 is 7.30. The van der Waals surface area contributed by atoms with Gasteiger partial charge in [-0.1, -0.05) is 30.3 Å². The summed E-state index contributed by atoms with van der Waals surface area (Å²) in [7, 11) is 0. The van der Waals surface area contributed by atoms with E-state index in [9.17, 15) is 9.90 Å². The third-order valence-corrected chi connectivity index (χ3v) is 5.69. The predicted octanol–water partition coefficient (Wildman–Crippen LogP) is 3.80. The van der Waals surface area contributed by atoms with Crippen molar-refractivity contribution in [3.63, 3.8) is 0 Å². The summed E-state index contributed by atoms with van der Waals surface area (Å²) in [5.74, 6) is -0.240. The number of H-pyrrole nitrogens is 1. The fraction of sp³-hybridized carbons (Fsp3) is 0.300. The number of allylic oxidation sites excluding steroid dienone is 5. The van der Waals surface area contributed by atoms with Gasteiger partial charge < -0.3 is 21.1 Å². The number of rotatable bonds is 9. The quantitative estimate of drug-likeness (QED) is 0.463. The van der Waals surface area contributed by atoms with Crippen LogP contribution in [0.4, 0.5) is 0 Å². The van der Waals surface area contributed by atoms with Crippen LogP contribution in [-0.2, 0) is 6.61 Å². The molecule has 0 aliphatic heterocycles. The molecule has 0 radical (unpaired) electrons. The second kappa shape index (κ2) is 10.4. The number of amides is 1. The van der Waals surface area contributed by atoms with Crippen LogP contribution in [0.5, 0.6) is 0 Å². The van der Waals surface area contributed by atoms with Crippen molar-refractivity contribution >= 4 is 34.4 Å². The van der Waals surface area contributed by atoms with Crippen LogP contribution in [0.2, 0.25) is 0 Å². The van der Waals surface area contributed by atoms with Crippen molar-refractivity contribution in [1.29, 1.82) is 0 Å². The molecule has 2 aromatic heterocycles. The number of carbonyl (C=O) groups excluding carboxylic acids is 1. The molecular weight excluding hydrogens is 396 g/mol. The summed E-state index contributed by atoms with van der Waals surface area (Å²) in [5.41, 5.74) is 8.67. The van der Waals surface area contributed by atoms with E-state index in [-0.39, 0.29) is 18.6 Å². The van der Waals surface area contributed by atoms with Gasteiger partial charge in [-0.3, -0.25) is 4.79 Å². The summed E-state index contributed by atoms with van der Waals surface area (Å²) in [6.07, 6.45) is 5.70. The Morgan fingerprint density at radius 2 is 2.18 bits per heavy atom. The monoisotopic (exact) mass is 420 g/mol. The van der Waals surface area contributed by atoms with E-state index in [2.05, 4.69) is 21.9 Å². The molecule has 8 heteroatoms. The number of hydrogen-bond acceptors (Lipinski definition) is 5. The van der Waals surface area contributed by atoms with Crippen LogP contribution in [0.15, 0.2) is 42.0 Å². The summed E-state index contributed by atoms with van der Waals surface area (Å²) < 4.78 is 0. The summed E-state index contributed by atoms with van der Waals surface area (Å²) in [6, 6.07) is 3.26. The number of nitrogens with zero attached hydrogens (tertiary/aromatic N) is 1. The minimum absolute atomic E-state index is 0.0668. The molecule has 5 N–H and O–H groups in total. The molecule has 0 saturated heterocycles. The van der Waals surface area contributed by atoms with Gasteiger partial charge in [0.2, 0.25) is 0 Å². The lowest BCUT2D eigenvalue weighted by Gasteiger charge is -2.15. The van der Waals surface area contributed by atoms with E-state index in [1.165, 1.54) is 11.3 Å². The van der Waals surface area contributed by atoms with Crippen LogP contribution in [0.3, 0.4) is 0 Å². The number of aromatic nitrogens is 2. The molecule has 0 saturated carbocycles. The number of halogens is 1. The highest BCUT2D eigenvalue weighted by Gasteiger charge is 2.20. The Bertz CT molecular complexity index is 898. The first-order chi connectivity index (χ1) is 13.4. The Hall–Kier alpha value is -2.19. The molecule has 2 aromatic rings. The lowest BCUT2D eigenvalue weighted by molar-refractivity contribution is 0.0930. The molecule has 0 fully saturated rings. The highest BCUT2D eigenvalue weighted by molar-refractivity contribution is 7.11. The van der Waals surface area contributed by atoms with Gasteiger partial charge in [0.25, 0.3) is 5.91 Å². The summed E-state index contributed by atoms with van der Waals surface area (Å²) in [5, 5.41) is 13.6. The van der Waals surface area contributed by atoms with Gasteiger partial charge in [0, 0.05) is 10.7 Å². The summed E-state index contributed by atoms with van der Waals surface area (Å²) in [4.78, 5) is 21.1. The molecule has 0 bridgehead atoms. The van der Waals surface area contributed by atoms with Crippen LogP contribution in [0.1, 0.15) is 51.1 Å². The van der Waals surface area contributed by atoms with E-state index in [1.807, 2.05) is 26.0 Å². The highest BCUT2D eigenvalue weighted by Crippen LogP contribution is 2.26. The predicted molar refractivity (Wildman–Crippen MR) is 115 cm³/mol. The molecule has 2 rings (SSSR count). The van der Waals surface area contributed by atoms with E-state index >= 15 is 0 Å². The van der Waals surface area contributed by atoms with Crippen molar-refractivity contribution < 1.29 is 9.90 Å². The van der Waals surface area contributed by atoms with Gasteiger partial charge in [-0.15, -0.1) is 11.3 Å². The van der Waals surface area contributed by atoms with Gasteiger partial charge in [0.05, 0.1) is 23.2 Å². The van der Waals surface area contributed by atoms with Crippen molar-refractivity contribution in [2.45, 2.75) is 32.9 Å². The van der Waals surface area contributed by atoms with Crippen LogP contribution < -0.4 is 11.1 Å². The number of nitrogens with one attached hydrogen (secondary N) is 2. The van der Waals surface area contributed by atoms with Crippen LogP contribution >= 0.6 is 22.9 Å². The zero-order chi connectivity index (χ0) is 20.7. The second-order valence-corrected chi connectivity index (χ2v) is 7.76. The highest BCUT2D eigenvalue weighted by atomic mass is 35.5. The number of aromatic amines is 1. The second-order valence-electron chi connectivity index (χ2n) is 6.21. The zero-order valence-corrected chi connectivity index (χ0v) is 17.5. The van der Waals surface area contributed by atoms with Gasteiger partial charge in [0.1, 0.15) is 10.7 Å². The van der Waals surface area contributed by atoms with Crippen LogP contribution in [-0.4, -0.2) is 27.5 Å². The van der Waals surface area contributed by atoms with Gasteiger partial charge in [-0.05, 0) is 50.6 Å². The smallest absolute Gasteiger partial charge is 0.268 e. The molecule has 1 atom stereocenters. The third-order valence-electron chi connectivity index (χ3n) is 4.15. The number of hydrogen-bond donors (Lipinski definition) is 4. The molecule has 0 aromatic carbocycles. The van der Waals surface area contributed by atoms with Crippen molar-refractivity contribution in [1.82, 2.24) is 15.3 Å². The fourth-order valence-electron chi connectivity index (χ4n) is 2.53. The lowest BCUT2D eigenvalue weighted by atomic mass is 10.2. The lowest BCUT2D eigenvalue weighted by Crippen LogP contribution is -2.30. The SMILES string of the molecule is C=C/C(Cl)=C\C=C(/C)c1ccc(C(=O)NC(CCN)c2nc(C)c(CO)s2)[nH]1. The molecule has 0 aliphatic carbocycles. The molecule has 2 heterocycles. The minimum atomic E-state index is -0.306. The zero-order valence-electron chi connectivity index (χ0n) is 16.0. The standard InChI is InChI=1S/C20H25ClN4O2S/c1-4-14(21)6-5-12(2)15-7-8-16(24-15)19(27)25-17(9-10-22)20-23-13(3)18(11-26)28-20/h4-8,17,24,26H,1,9-11,22H2,2-3H3,(H,25,27)/b12-5+,14-6+. The number of nitrogens with two attached hydrogens (primary N) is 1. The minimum Gasteiger partial charge on any atom is -0.391 e. The maximum absolute atomic E-state index is 12.7. The van der Waals surface area contributed by atoms with E-state index in [1.54, 1.807) is 18.2 Å². The van der Waals surface area contributed by atoms with E-state index in [0.717, 1.165) is 26.8 Å². The average molecular weight is 421 g/mol. The Morgan fingerprint density at radius 3 is 2.79 bits per heavy atom. The number of aryl methyl sites for hydroxylation is 1. The molecule has 0 spiro atoms. The largest absolute Gasteiger partial charge is 0.391 e. The third kappa shape index (κ3) is 5.65. The van der Waals surface area contributed by atoms with E-state index in [4.69, 9.17) is 17.3 Å². The fourth-order valence-corrected chi connectivity index (χ4v) is 3.60. The summed E-state index contributed by atoms with van der Waals surface area (Å²) in [6.45, 7) is 7.70. The Kier molecular flexibility index (Phi) is 8.19. The van der Waals surface area contributed by atoms with Crippen LogP contribution in [0.25, 0.3) is 5.57 Å². The van der Waals surface area contributed by atoms with Gasteiger partial charge in [0.15, 0.2) is 0 Å². The number of aliphatic hydroxyl groups excluding tert-OH is 1. The van der Waals surface area contributed by atoms with Crippen molar-refractivity contribution in [3.8, 4) is 0 Å². The molecule has 28 heavy (non-hydrogen) atoms. The first-order valence-electron chi connectivity index (χ1n) is 8.83. The van der Waals surface area contributed by atoms with Gasteiger partial charge >= 0.3 is 0 Å². The maximum Gasteiger partial charge on any atom is 0.268 e. The molecular formula is C20H25ClN4O2S. The Balaban J connectivity index is 2.16. The number of thiazole rings is 1. The molecule has 1 amide bonds. The van der Waals surface area contributed by atoms with E-state index in [0.29, 0.717) is 23.7 Å². The Labute approximate surface area is 173 Å². The molecule has 1 unspecified atom stereocenters. The number of carbonyl (C=O) groups is 1. The number of aliphatic hydroxyl groups is 1. The first kappa shape index (κ1) is 22.1. The van der Waals surface area contributed by atoms with Gasteiger partial charge in [-0.2, -0.15) is 0 Å². The maximum atomic E-state index is 12.7. The van der Waals surface area contributed by atoms with Crippen molar-refractivity contribution in [2.75, 3.05) is 6.54 Å². The van der Waals surface area contributed by atoms with Crippen molar-refractivity contribution in [2.24, 2.45) is 5.73 Å². The molecule has 150 valence electrons.